The van der Waals surface area contributed by atoms with E-state index in [1.807, 2.05) is 4.90 Å². The number of rotatable bonds is 3. The van der Waals surface area contributed by atoms with E-state index in [1.165, 1.54) is 17.4 Å². The highest BCUT2D eigenvalue weighted by Crippen LogP contribution is 2.32. The number of aromatic nitrogens is 1. The Hall–Kier alpha value is -2.43. The number of anilines is 2. The maximum Gasteiger partial charge on any atom is 0.275 e. The smallest absolute Gasteiger partial charge is 0.275 e. The number of amides is 1. The summed E-state index contributed by atoms with van der Waals surface area (Å²) in [5.41, 5.74) is 7.17. The van der Waals surface area contributed by atoms with Crippen molar-refractivity contribution in [2.45, 2.75) is 31.7 Å². The molecule has 4 rings (SSSR count). The van der Waals surface area contributed by atoms with Gasteiger partial charge in [0.15, 0.2) is 5.01 Å². The van der Waals surface area contributed by atoms with Gasteiger partial charge in [0.2, 0.25) is 0 Å². The second-order valence-corrected chi connectivity index (χ2v) is 7.88. The lowest BCUT2D eigenvalue weighted by atomic mass is 10.1. The number of hydrogen-bond donors (Lipinski definition) is 2. The molecule has 2 heterocycles. The Labute approximate surface area is 161 Å². The molecular weight excluding hydrogens is 363 g/mol. The van der Waals surface area contributed by atoms with Crippen LogP contribution in [0.15, 0.2) is 23.6 Å². The number of thiazole rings is 1. The molecule has 1 saturated heterocycles. The molecule has 1 aromatic carbocycles. The predicted octanol–water partition coefficient (Wildman–Crippen LogP) is 3.22. The molecule has 2 fully saturated rings. The number of piperidine rings is 1. The zero-order chi connectivity index (χ0) is 18.8. The van der Waals surface area contributed by atoms with Crippen LogP contribution in [0.5, 0.6) is 0 Å². The van der Waals surface area contributed by atoms with Crippen LogP contribution in [-0.2, 0) is 0 Å². The fourth-order valence-electron chi connectivity index (χ4n) is 3.16. The number of hydrogen-bond acceptors (Lipinski definition) is 5. The molecule has 3 N–H and O–H groups in total. The van der Waals surface area contributed by atoms with Gasteiger partial charge in [-0.1, -0.05) is 12.0 Å². The summed E-state index contributed by atoms with van der Waals surface area (Å²) in [6, 6.07) is 4.70. The maximum atomic E-state index is 14.5. The standard InChI is InChI=1S/C20H21FN4OS/c21-15-4-1-5-16(19(15)25-10-2-3-14(22)11-25)24-20(26)17-12-27-18(23-17)9-8-13-6-7-13/h1,4-5,12-14H,2-3,6-7,10-11,22H2,(H,24,26)/t14-/m1/s1. The van der Waals surface area contributed by atoms with Gasteiger partial charge < -0.3 is 16.0 Å². The number of carbonyl (C=O) groups is 1. The van der Waals surface area contributed by atoms with Crippen molar-refractivity contribution in [2.24, 2.45) is 11.7 Å². The van der Waals surface area contributed by atoms with Crippen molar-refractivity contribution < 1.29 is 9.18 Å². The van der Waals surface area contributed by atoms with E-state index in [0.717, 1.165) is 32.2 Å². The number of benzene rings is 1. The summed E-state index contributed by atoms with van der Waals surface area (Å²) in [6.07, 6.45) is 4.12. The van der Waals surface area contributed by atoms with E-state index in [4.69, 9.17) is 5.73 Å². The van der Waals surface area contributed by atoms with Gasteiger partial charge in [-0.25, -0.2) is 9.37 Å². The number of nitrogens with two attached hydrogens (primary N) is 1. The lowest BCUT2D eigenvalue weighted by Crippen LogP contribution is -2.43. The molecule has 1 atom stereocenters. The van der Waals surface area contributed by atoms with Crippen molar-refractivity contribution in [1.82, 2.24) is 4.98 Å². The van der Waals surface area contributed by atoms with Crippen LogP contribution in [0.4, 0.5) is 15.8 Å². The molecule has 0 bridgehead atoms. The number of carbonyl (C=O) groups excluding carboxylic acids is 1. The Morgan fingerprint density at radius 1 is 1.37 bits per heavy atom. The normalized spacial score (nSPS) is 19.3. The molecular formula is C20H21FN4OS. The van der Waals surface area contributed by atoms with E-state index in [-0.39, 0.29) is 17.8 Å². The third-order valence-electron chi connectivity index (χ3n) is 4.71. The zero-order valence-corrected chi connectivity index (χ0v) is 15.7. The molecule has 140 valence electrons. The topological polar surface area (TPSA) is 71.2 Å². The van der Waals surface area contributed by atoms with Crippen molar-refractivity contribution in [2.75, 3.05) is 23.3 Å². The molecule has 2 aliphatic rings. The highest BCUT2D eigenvalue weighted by Gasteiger charge is 2.23. The summed E-state index contributed by atoms with van der Waals surface area (Å²) < 4.78 is 14.5. The molecule has 1 amide bonds. The highest BCUT2D eigenvalue weighted by molar-refractivity contribution is 7.10. The summed E-state index contributed by atoms with van der Waals surface area (Å²) in [5, 5.41) is 5.12. The van der Waals surface area contributed by atoms with E-state index in [9.17, 15) is 9.18 Å². The average molecular weight is 384 g/mol. The molecule has 0 radical (unpaired) electrons. The molecule has 1 aromatic heterocycles. The Kier molecular flexibility index (Phi) is 5.10. The van der Waals surface area contributed by atoms with Gasteiger partial charge in [0, 0.05) is 30.4 Å². The van der Waals surface area contributed by atoms with Crippen molar-refractivity contribution in [3.63, 3.8) is 0 Å². The molecule has 1 aliphatic carbocycles. The molecule has 2 aromatic rings. The van der Waals surface area contributed by atoms with Crippen LogP contribution in [0.25, 0.3) is 0 Å². The monoisotopic (exact) mass is 384 g/mol. The minimum absolute atomic E-state index is 0.00745. The summed E-state index contributed by atoms with van der Waals surface area (Å²) in [5.74, 6) is 5.91. The first-order valence-corrected chi connectivity index (χ1v) is 10.1. The first kappa shape index (κ1) is 18.0. The van der Waals surface area contributed by atoms with Crippen LogP contribution in [0.3, 0.4) is 0 Å². The Balaban J connectivity index is 1.53. The number of nitrogens with one attached hydrogen (secondary N) is 1. The Morgan fingerprint density at radius 2 is 2.22 bits per heavy atom. The number of para-hydroxylation sites is 1. The molecule has 7 heteroatoms. The van der Waals surface area contributed by atoms with Crippen molar-refractivity contribution >= 4 is 28.6 Å². The lowest BCUT2D eigenvalue weighted by molar-refractivity contribution is 0.102. The second-order valence-electron chi connectivity index (χ2n) is 7.02. The van der Waals surface area contributed by atoms with Crippen LogP contribution >= 0.6 is 11.3 Å². The van der Waals surface area contributed by atoms with Gasteiger partial charge >= 0.3 is 0 Å². The maximum absolute atomic E-state index is 14.5. The minimum Gasteiger partial charge on any atom is -0.366 e. The van der Waals surface area contributed by atoms with Crippen LogP contribution in [0, 0.1) is 23.6 Å². The van der Waals surface area contributed by atoms with Gasteiger partial charge in [-0.2, -0.15) is 0 Å². The van der Waals surface area contributed by atoms with E-state index in [0.29, 0.717) is 34.5 Å². The highest BCUT2D eigenvalue weighted by atomic mass is 32.1. The molecule has 1 saturated carbocycles. The summed E-state index contributed by atoms with van der Waals surface area (Å²) in [4.78, 5) is 18.8. The van der Waals surface area contributed by atoms with Gasteiger partial charge in [-0.3, -0.25) is 4.79 Å². The van der Waals surface area contributed by atoms with Gasteiger partial charge in [0.05, 0.1) is 11.4 Å². The Morgan fingerprint density at radius 3 is 3.00 bits per heavy atom. The van der Waals surface area contributed by atoms with E-state index >= 15 is 0 Å². The van der Waals surface area contributed by atoms with Crippen molar-refractivity contribution in [3.8, 4) is 11.8 Å². The molecule has 5 nitrogen and oxygen atoms in total. The SMILES string of the molecule is N[C@@H]1CCCN(c2c(F)cccc2NC(=O)c2csc(C#CC3CC3)n2)C1. The van der Waals surface area contributed by atoms with E-state index in [2.05, 4.69) is 22.1 Å². The van der Waals surface area contributed by atoms with E-state index < -0.39 is 0 Å². The van der Waals surface area contributed by atoms with Gasteiger partial charge in [-0.15, -0.1) is 11.3 Å². The van der Waals surface area contributed by atoms with Crippen molar-refractivity contribution in [1.29, 1.82) is 0 Å². The quantitative estimate of drug-likeness (QED) is 0.797. The Bertz CT molecular complexity index is 912. The zero-order valence-electron chi connectivity index (χ0n) is 14.9. The number of halogens is 1. The van der Waals surface area contributed by atoms with Crippen LogP contribution < -0.4 is 16.0 Å². The molecule has 0 spiro atoms. The summed E-state index contributed by atoms with van der Waals surface area (Å²) >= 11 is 1.35. The molecule has 1 aliphatic heterocycles. The fourth-order valence-corrected chi connectivity index (χ4v) is 3.82. The molecule has 27 heavy (non-hydrogen) atoms. The lowest BCUT2D eigenvalue weighted by Gasteiger charge is -2.34. The van der Waals surface area contributed by atoms with Gasteiger partial charge in [0.25, 0.3) is 5.91 Å². The van der Waals surface area contributed by atoms with Gasteiger partial charge in [0.1, 0.15) is 11.5 Å². The third-order valence-corrected chi connectivity index (χ3v) is 5.46. The predicted molar refractivity (Wildman–Crippen MR) is 105 cm³/mol. The largest absolute Gasteiger partial charge is 0.366 e. The van der Waals surface area contributed by atoms with Crippen LogP contribution in [-0.4, -0.2) is 30.0 Å². The third kappa shape index (κ3) is 4.29. The fraction of sp³-hybridized carbons (Fsp3) is 0.400. The first-order chi connectivity index (χ1) is 13.1. The van der Waals surface area contributed by atoms with Crippen molar-refractivity contribution in [3.05, 3.63) is 40.1 Å². The van der Waals surface area contributed by atoms with E-state index in [1.54, 1.807) is 17.5 Å². The molecule has 0 unspecified atom stereocenters. The minimum atomic E-state index is -0.365. The van der Waals surface area contributed by atoms with Gasteiger partial charge in [-0.05, 0) is 43.7 Å². The average Bonchev–Trinajstić information content (AvgIpc) is 3.35. The summed E-state index contributed by atoms with van der Waals surface area (Å²) in [6.45, 7) is 1.29. The van der Waals surface area contributed by atoms with Crippen LogP contribution in [0.1, 0.15) is 41.2 Å². The summed E-state index contributed by atoms with van der Waals surface area (Å²) in [7, 11) is 0. The van der Waals surface area contributed by atoms with Crippen LogP contribution in [0.2, 0.25) is 0 Å². The second kappa shape index (κ2) is 7.67. The first-order valence-electron chi connectivity index (χ1n) is 9.17. The number of nitrogens with zero attached hydrogens (tertiary/aromatic N) is 2.